The van der Waals surface area contributed by atoms with E-state index in [0.29, 0.717) is 25.9 Å². The Hall–Kier alpha value is -1.57. The molecule has 1 aromatic carbocycles. The van der Waals surface area contributed by atoms with Gasteiger partial charge in [-0.25, -0.2) is 18.7 Å². The minimum atomic E-state index is -0.466. The van der Waals surface area contributed by atoms with Gasteiger partial charge in [0.1, 0.15) is 20.9 Å². The average Bonchev–Trinajstić information content (AvgIpc) is 2.78. The topological polar surface area (TPSA) is 30.7 Å². The van der Waals surface area contributed by atoms with Crippen LogP contribution in [0, 0.1) is 22.3 Å². The lowest BCUT2D eigenvalue weighted by molar-refractivity contribution is 0.600. The number of hydrogen-bond donors (Lipinski definition) is 0. The number of pyridine rings is 1. The lowest BCUT2D eigenvalue weighted by atomic mass is 10.1. The maximum atomic E-state index is 14.4. The van der Waals surface area contributed by atoms with Gasteiger partial charge in [-0.15, -0.1) is 0 Å². The Kier molecular flexibility index (Phi) is 3.88. The molecule has 0 amide bonds. The predicted molar refractivity (Wildman–Crippen MR) is 90.7 cm³/mol. The molecule has 0 atom stereocenters. The molecule has 0 radical (unpaired) electrons. The van der Waals surface area contributed by atoms with Crippen LogP contribution in [0.1, 0.15) is 25.7 Å². The van der Waals surface area contributed by atoms with Crippen LogP contribution < -0.4 is 0 Å². The van der Waals surface area contributed by atoms with E-state index in [4.69, 9.17) is 0 Å². The van der Waals surface area contributed by atoms with E-state index in [1.807, 2.05) is 47.9 Å². The number of rotatable bonds is 2. The Morgan fingerprint density at radius 1 is 1.14 bits per heavy atom. The summed E-state index contributed by atoms with van der Waals surface area (Å²) in [6, 6.07) is 4.86. The van der Waals surface area contributed by atoms with Gasteiger partial charge in [0, 0.05) is 11.6 Å². The molecular weight excluding hydrogens is 399 g/mol. The van der Waals surface area contributed by atoms with Crippen molar-refractivity contribution < 1.29 is 8.78 Å². The molecule has 2 aromatic heterocycles. The van der Waals surface area contributed by atoms with Gasteiger partial charge in [-0.05, 0) is 67.1 Å². The van der Waals surface area contributed by atoms with Crippen LogP contribution in [-0.4, -0.2) is 14.5 Å². The first-order valence-electron chi connectivity index (χ1n) is 6.88. The van der Waals surface area contributed by atoms with Crippen LogP contribution in [0.5, 0.6) is 0 Å². The lowest BCUT2D eigenvalue weighted by Gasteiger charge is -2.12. The third-order valence-corrected chi connectivity index (χ3v) is 4.16. The molecule has 3 rings (SSSR count). The molecule has 2 heterocycles. The van der Waals surface area contributed by atoms with Crippen molar-refractivity contribution in [1.29, 1.82) is 0 Å². The van der Waals surface area contributed by atoms with E-state index in [1.54, 1.807) is 12.1 Å². The van der Waals surface area contributed by atoms with E-state index in [1.165, 1.54) is 6.07 Å². The molecule has 0 aliphatic carbocycles. The van der Waals surface area contributed by atoms with Gasteiger partial charge in [-0.1, -0.05) is 0 Å². The summed E-state index contributed by atoms with van der Waals surface area (Å²) in [4.78, 5) is 8.19. The van der Waals surface area contributed by atoms with Crippen molar-refractivity contribution in [2.75, 3.05) is 0 Å². The number of halogens is 3. The van der Waals surface area contributed by atoms with Gasteiger partial charge in [-0.2, -0.15) is 0 Å². The number of benzene rings is 1. The van der Waals surface area contributed by atoms with E-state index in [9.17, 15) is 8.78 Å². The summed E-state index contributed by atoms with van der Waals surface area (Å²) in [5.41, 5.74) is 1.83. The van der Waals surface area contributed by atoms with Crippen molar-refractivity contribution in [2.45, 2.75) is 26.8 Å². The smallest absolute Gasteiger partial charge is 0.151 e. The van der Waals surface area contributed by atoms with Crippen LogP contribution in [0.3, 0.4) is 0 Å². The van der Waals surface area contributed by atoms with E-state index in [0.717, 1.165) is 12.0 Å². The van der Waals surface area contributed by atoms with E-state index >= 15 is 0 Å². The van der Waals surface area contributed by atoms with Gasteiger partial charge in [0.2, 0.25) is 0 Å². The van der Waals surface area contributed by atoms with Crippen molar-refractivity contribution in [2.24, 2.45) is 0 Å². The van der Waals surface area contributed by atoms with Crippen molar-refractivity contribution in [3.05, 3.63) is 45.6 Å². The van der Waals surface area contributed by atoms with Crippen molar-refractivity contribution in [3.63, 3.8) is 0 Å². The highest BCUT2D eigenvalue weighted by Crippen LogP contribution is 2.31. The number of imidazole rings is 1. The van der Waals surface area contributed by atoms with Crippen LogP contribution in [0.25, 0.3) is 22.2 Å². The molecule has 0 fully saturated rings. The SMILES string of the molecule is Cc1nc2c(F)cc(-c3cc(I)ncc3F)cc2n1C(C)C. The molecular formula is C16H14F2IN3. The van der Waals surface area contributed by atoms with E-state index in [2.05, 4.69) is 9.97 Å². The van der Waals surface area contributed by atoms with Crippen LogP contribution in [-0.2, 0) is 0 Å². The highest BCUT2D eigenvalue weighted by molar-refractivity contribution is 14.1. The summed E-state index contributed by atoms with van der Waals surface area (Å²) >= 11 is 2.01. The fraction of sp³-hybridized carbons (Fsp3) is 0.250. The number of aromatic nitrogens is 3. The third-order valence-electron chi connectivity index (χ3n) is 3.57. The second-order valence-electron chi connectivity index (χ2n) is 5.44. The van der Waals surface area contributed by atoms with Gasteiger partial charge < -0.3 is 4.57 Å². The minimum Gasteiger partial charge on any atom is -0.326 e. The Morgan fingerprint density at radius 2 is 1.86 bits per heavy atom. The second kappa shape index (κ2) is 5.57. The molecule has 114 valence electrons. The molecule has 0 aliphatic rings. The monoisotopic (exact) mass is 413 g/mol. The van der Waals surface area contributed by atoms with Gasteiger partial charge in [-0.3, -0.25) is 0 Å². The largest absolute Gasteiger partial charge is 0.326 e. The summed E-state index contributed by atoms with van der Waals surface area (Å²) in [5.74, 6) is -0.168. The lowest BCUT2D eigenvalue weighted by Crippen LogP contribution is -2.03. The van der Waals surface area contributed by atoms with E-state index in [-0.39, 0.29) is 6.04 Å². The zero-order chi connectivity index (χ0) is 16.0. The maximum Gasteiger partial charge on any atom is 0.151 e. The van der Waals surface area contributed by atoms with E-state index < -0.39 is 11.6 Å². The standard InChI is InChI=1S/C16H14F2IN3/c1-8(2)22-9(3)21-16-12(17)4-10(5-14(16)22)11-6-15(19)20-7-13(11)18/h4-8H,1-3H3. The number of aryl methyl sites for hydroxylation is 1. The van der Waals surface area contributed by atoms with Crippen LogP contribution >= 0.6 is 22.6 Å². The minimum absolute atomic E-state index is 0.141. The quantitative estimate of drug-likeness (QED) is 0.444. The molecule has 22 heavy (non-hydrogen) atoms. The van der Waals surface area contributed by atoms with Crippen LogP contribution in [0.2, 0.25) is 0 Å². The molecule has 0 aliphatic heterocycles. The highest BCUT2D eigenvalue weighted by atomic mass is 127. The fourth-order valence-corrected chi connectivity index (χ4v) is 3.16. The molecule has 0 N–H and O–H groups in total. The summed E-state index contributed by atoms with van der Waals surface area (Å²) in [5, 5.41) is 0. The van der Waals surface area contributed by atoms with Gasteiger partial charge in [0.15, 0.2) is 5.82 Å². The van der Waals surface area contributed by atoms with Crippen LogP contribution in [0.4, 0.5) is 8.78 Å². The molecule has 3 aromatic rings. The summed E-state index contributed by atoms with van der Waals surface area (Å²) in [6.45, 7) is 5.86. The Morgan fingerprint density at radius 3 is 2.55 bits per heavy atom. The first-order chi connectivity index (χ1) is 10.4. The average molecular weight is 413 g/mol. The third kappa shape index (κ3) is 2.49. The van der Waals surface area contributed by atoms with Crippen molar-refractivity contribution in [1.82, 2.24) is 14.5 Å². The summed E-state index contributed by atoms with van der Waals surface area (Å²) in [7, 11) is 0. The molecule has 0 saturated carbocycles. The van der Waals surface area contributed by atoms with Crippen molar-refractivity contribution >= 4 is 33.6 Å². The number of nitrogens with zero attached hydrogens (tertiary/aromatic N) is 3. The normalized spacial score (nSPS) is 11.6. The fourth-order valence-electron chi connectivity index (χ4n) is 2.71. The Bertz CT molecular complexity index is 871. The van der Waals surface area contributed by atoms with Crippen LogP contribution in [0.15, 0.2) is 24.4 Å². The van der Waals surface area contributed by atoms with Crippen molar-refractivity contribution in [3.8, 4) is 11.1 Å². The molecule has 6 heteroatoms. The maximum absolute atomic E-state index is 14.4. The van der Waals surface area contributed by atoms with Gasteiger partial charge in [0.25, 0.3) is 0 Å². The van der Waals surface area contributed by atoms with Gasteiger partial charge >= 0.3 is 0 Å². The number of hydrogen-bond acceptors (Lipinski definition) is 2. The highest BCUT2D eigenvalue weighted by Gasteiger charge is 2.17. The zero-order valence-corrected chi connectivity index (χ0v) is 14.5. The Balaban J connectivity index is 2.32. The number of fused-ring (bicyclic) bond motifs is 1. The molecule has 3 nitrogen and oxygen atoms in total. The molecule has 0 saturated heterocycles. The zero-order valence-electron chi connectivity index (χ0n) is 12.4. The first kappa shape index (κ1) is 15.3. The second-order valence-corrected chi connectivity index (χ2v) is 6.54. The molecule has 0 unspecified atom stereocenters. The van der Waals surface area contributed by atoms with Gasteiger partial charge in [0.05, 0.1) is 11.7 Å². The summed E-state index contributed by atoms with van der Waals surface area (Å²) < 4.78 is 31.1. The Labute approximate surface area is 140 Å². The predicted octanol–water partition coefficient (Wildman–Crippen LogP) is 4.87. The first-order valence-corrected chi connectivity index (χ1v) is 7.96. The molecule has 0 spiro atoms. The summed E-state index contributed by atoms with van der Waals surface area (Å²) in [6.07, 6.45) is 1.16. The molecule has 0 bridgehead atoms.